The molecule has 2 amide bonds. The first-order chi connectivity index (χ1) is 14.0. The Kier molecular flexibility index (Phi) is 6.69. The molecule has 1 aliphatic rings. The smallest absolute Gasteiger partial charge is 0.409 e. The fraction of sp³-hybridized carbons (Fsp3) is 0.409. The van der Waals surface area contributed by atoms with E-state index >= 15 is 0 Å². The molecule has 7 nitrogen and oxygen atoms in total. The molecule has 2 N–H and O–H groups in total. The molecule has 0 radical (unpaired) electrons. The van der Waals surface area contributed by atoms with E-state index < -0.39 is 0 Å². The van der Waals surface area contributed by atoms with E-state index in [1.807, 2.05) is 32.0 Å². The maximum atomic E-state index is 12.6. The van der Waals surface area contributed by atoms with Crippen LogP contribution in [0, 0.1) is 13.8 Å². The maximum absolute atomic E-state index is 12.6. The Morgan fingerprint density at radius 2 is 1.90 bits per heavy atom. The molecule has 0 saturated carbocycles. The molecule has 1 fully saturated rings. The summed E-state index contributed by atoms with van der Waals surface area (Å²) in [5, 5.41) is 6.31. The lowest BCUT2D eigenvalue weighted by Gasteiger charge is -2.31. The van der Waals surface area contributed by atoms with Crippen molar-refractivity contribution in [3.63, 3.8) is 0 Å². The maximum Gasteiger partial charge on any atom is 0.409 e. The van der Waals surface area contributed by atoms with Gasteiger partial charge in [-0.1, -0.05) is 6.07 Å². The number of nitrogens with one attached hydrogen (secondary N) is 2. The number of carbonyl (C=O) groups is 2. The number of aryl methyl sites for hydroxylation is 2. The number of piperidine rings is 1. The Balaban J connectivity index is 1.57. The monoisotopic (exact) mass is 396 g/mol. The van der Waals surface area contributed by atoms with E-state index in [0.29, 0.717) is 31.1 Å². The van der Waals surface area contributed by atoms with Crippen LogP contribution < -0.4 is 10.6 Å². The third kappa shape index (κ3) is 5.47. The summed E-state index contributed by atoms with van der Waals surface area (Å²) < 4.78 is 5.05. The second-order valence-corrected chi connectivity index (χ2v) is 7.29. The minimum Gasteiger partial charge on any atom is -0.450 e. The quantitative estimate of drug-likeness (QED) is 0.799. The zero-order valence-corrected chi connectivity index (χ0v) is 17.2. The zero-order chi connectivity index (χ0) is 20.8. The lowest BCUT2D eigenvalue weighted by atomic mass is 10.1. The van der Waals surface area contributed by atoms with Crippen LogP contribution in [0.4, 0.5) is 16.3 Å². The molecule has 3 rings (SSSR count). The van der Waals surface area contributed by atoms with Crippen LogP contribution in [0.25, 0.3) is 0 Å². The van der Waals surface area contributed by atoms with Gasteiger partial charge in [0.05, 0.1) is 6.61 Å². The number of ether oxygens (including phenoxy) is 1. The van der Waals surface area contributed by atoms with Crippen molar-refractivity contribution in [1.29, 1.82) is 0 Å². The van der Waals surface area contributed by atoms with Gasteiger partial charge in [0.15, 0.2) is 0 Å². The largest absolute Gasteiger partial charge is 0.450 e. The number of carbonyl (C=O) groups excluding carboxylic acids is 2. The van der Waals surface area contributed by atoms with Crippen LogP contribution in [0.15, 0.2) is 36.5 Å². The van der Waals surface area contributed by atoms with Gasteiger partial charge in [0.2, 0.25) is 0 Å². The molecule has 2 aromatic rings. The molecule has 0 bridgehead atoms. The zero-order valence-electron chi connectivity index (χ0n) is 17.2. The van der Waals surface area contributed by atoms with E-state index in [1.165, 1.54) is 5.56 Å². The average Bonchev–Trinajstić information content (AvgIpc) is 2.72. The minimum absolute atomic E-state index is 0.171. The normalized spacial score (nSPS) is 14.4. The van der Waals surface area contributed by atoms with E-state index in [2.05, 4.69) is 15.6 Å². The molecular weight excluding hydrogens is 368 g/mol. The standard InChI is InChI=1S/C22H28N4O3/c1-4-29-22(28)26-11-8-18(9-12-26)24-20-14-17(7-10-23-20)21(27)25-19-6-5-15(2)16(3)13-19/h5-7,10,13-14,18H,4,8-9,11-12H2,1-3H3,(H,23,24)(H,25,27). The van der Waals surface area contributed by atoms with Crippen LogP contribution in [0.2, 0.25) is 0 Å². The van der Waals surface area contributed by atoms with Crippen molar-refractivity contribution in [1.82, 2.24) is 9.88 Å². The number of rotatable bonds is 5. The highest BCUT2D eigenvalue weighted by atomic mass is 16.6. The first kappa shape index (κ1) is 20.6. The highest BCUT2D eigenvalue weighted by Gasteiger charge is 2.23. The molecule has 0 spiro atoms. The molecule has 0 atom stereocenters. The fourth-order valence-electron chi connectivity index (χ4n) is 3.30. The summed E-state index contributed by atoms with van der Waals surface area (Å²) in [6.07, 6.45) is 2.99. The van der Waals surface area contributed by atoms with Gasteiger partial charge in [-0.25, -0.2) is 9.78 Å². The SMILES string of the molecule is CCOC(=O)N1CCC(Nc2cc(C(=O)Nc3ccc(C)c(C)c3)ccn2)CC1. The van der Waals surface area contributed by atoms with E-state index in [4.69, 9.17) is 4.74 Å². The molecule has 2 heterocycles. The van der Waals surface area contributed by atoms with Crippen LogP contribution in [-0.2, 0) is 4.74 Å². The number of hydrogen-bond donors (Lipinski definition) is 2. The molecule has 29 heavy (non-hydrogen) atoms. The van der Waals surface area contributed by atoms with Crippen molar-refractivity contribution in [2.75, 3.05) is 30.3 Å². The van der Waals surface area contributed by atoms with Crippen LogP contribution in [-0.4, -0.2) is 47.6 Å². The Labute approximate surface area is 171 Å². The van der Waals surface area contributed by atoms with Crippen molar-refractivity contribution >= 4 is 23.5 Å². The third-order valence-electron chi connectivity index (χ3n) is 5.16. The van der Waals surface area contributed by atoms with E-state index in [9.17, 15) is 9.59 Å². The number of likely N-dealkylation sites (tertiary alicyclic amines) is 1. The third-order valence-corrected chi connectivity index (χ3v) is 5.16. The number of benzene rings is 1. The van der Waals surface area contributed by atoms with Crippen LogP contribution in [0.3, 0.4) is 0 Å². The highest BCUT2D eigenvalue weighted by molar-refractivity contribution is 6.04. The fourth-order valence-corrected chi connectivity index (χ4v) is 3.30. The van der Waals surface area contributed by atoms with E-state index in [1.54, 1.807) is 30.2 Å². The second-order valence-electron chi connectivity index (χ2n) is 7.29. The van der Waals surface area contributed by atoms with Crippen molar-refractivity contribution in [3.05, 3.63) is 53.2 Å². The average molecular weight is 396 g/mol. The van der Waals surface area contributed by atoms with Crippen LogP contribution in [0.5, 0.6) is 0 Å². The Morgan fingerprint density at radius 3 is 2.59 bits per heavy atom. The molecule has 154 valence electrons. The van der Waals surface area contributed by atoms with Gasteiger partial charge in [0.25, 0.3) is 5.91 Å². The topological polar surface area (TPSA) is 83.6 Å². The van der Waals surface area contributed by atoms with Crippen molar-refractivity contribution < 1.29 is 14.3 Å². The summed E-state index contributed by atoms with van der Waals surface area (Å²) in [6.45, 7) is 7.54. The van der Waals surface area contributed by atoms with E-state index in [-0.39, 0.29) is 18.0 Å². The van der Waals surface area contributed by atoms with Gasteiger partial charge in [0, 0.05) is 36.6 Å². The van der Waals surface area contributed by atoms with Crippen molar-refractivity contribution in [2.24, 2.45) is 0 Å². The lowest BCUT2D eigenvalue weighted by molar-refractivity contribution is 0.0981. The van der Waals surface area contributed by atoms with Crippen LogP contribution >= 0.6 is 0 Å². The van der Waals surface area contributed by atoms with E-state index in [0.717, 1.165) is 24.1 Å². The molecule has 1 aliphatic heterocycles. The van der Waals surface area contributed by atoms with Gasteiger partial charge in [-0.15, -0.1) is 0 Å². The summed E-state index contributed by atoms with van der Waals surface area (Å²) >= 11 is 0. The summed E-state index contributed by atoms with van der Waals surface area (Å²) in [5.74, 6) is 0.489. The van der Waals surface area contributed by atoms with Crippen molar-refractivity contribution in [2.45, 2.75) is 39.7 Å². The Bertz CT molecular complexity index is 876. The number of pyridine rings is 1. The summed E-state index contributed by atoms with van der Waals surface area (Å²) in [7, 11) is 0. The predicted molar refractivity (Wildman–Crippen MR) is 113 cm³/mol. The Hall–Kier alpha value is -3.09. The molecule has 1 aromatic heterocycles. The summed E-state index contributed by atoms with van der Waals surface area (Å²) in [5.41, 5.74) is 3.64. The number of nitrogens with zero attached hydrogens (tertiary/aromatic N) is 2. The van der Waals surface area contributed by atoms with Gasteiger partial charge in [-0.05, 0) is 69.0 Å². The first-order valence-electron chi connectivity index (χ1n) is 9.99. The summed E-state index contributed by atoms with van der Waals surface area (Å²) in [4.78, 5) is 30.5. The minimum atomic E-state index is -0.255. The molecule has 0 unspecified atom stereocenters. The highest BCUT2D eigenvalue weighted by Crippen LogP contribution is 2.18. The predicted octanol–water partition coefficient (Wildman–Crippen LogP) is 3.98. The Morgan fingerprint density at radius 1 is 1.14 bits per heavy atom. The van der Waals surface area contributed by atoms with Gasteiger partial charge in [0.1, 0.15) is 5.82 Å². The van der Waals surface area contributed by atoms with Crippen molar-refractivity contribution in [3.8, 4) is 0 Å². The van der Waals surface area contributed by atoms with Gasteiger partial charge < -0.3 is 20.3 Å². The number of hydrogen-bond acceptors (Lipinski definition) is 5. The van der Waals surface area contributed by atoms with Crippen LogP contribution in [0.1, 0.15) is 41.3 Å². The van der Waals surface area contributed by atoms with Gasteiger partial charge in [-0.3, -0.25) is 4.79 Å². The molecular formula is C22H28N4O3. The number of anilines is 2. The number of aromatic nitrogens is 1. The second kappa shape index (κ2) is 9.41. The molecule has 7 heteroatoms. The molecule has 1 aromatic carbocycles. The lowest BCUT2D eigenvalue weighted by Crippen LogP contribution is -2.42. The molecule has 0 aliphatic carbocycles. The molecule has 1 saturated heterocycles. The van der Waals surface area contributed by atoms with Gasteiger partial charge >= 0.3 is 6.09 Å². The van der Waals surface area contributed by atoms with Gasteiger partial charge in [-0.2, -0.15) is 0 Å². The first-order valence-corrected chi connectivity index (χ1v) is 9.99. The number of amides is 2. The summed E-state index contributed by atoms with van der Waals surface area (Å²) in [6, 6.07) is 9.51.